The van der Waals surface area contributed by atoms with Crippen LogP contribution in [0.4, 0.5) is 5.82 Å². The maximum absolute atomic E-state index is 12.0. The first-order valence-electron chi connectivity index (χ1n) is 9.57. The normalized spacial score (nSPS) is 37.2. The van der Waals surface area contributed by atoms with Crippen molar-refractivity contribution in [3.05, 3.63) is 22.8 Å². The molecular formula is C15H19N6O9P. The maximum atomic E-state index is 12.0. The van der Waals surface area contributed by atoms with Gasteiger partial charge in [0.05, 0.1) is 18.5 Å². The summed E-state index contributed by atoms with van der Waals surface area (Å²) < 4.78 is 29.4. The van der Waals surface area contributed by atoms with Crippen molar-refractivity contribution < 1.29 is 38.3 Å². The third kappa shape index (κ3) is 3.73. The van der Waals surface area contributed by atoms with Gasteiger partial charge in [-0.05, 0) is 19.3 Å². The predicted octanol–water partition coefficient (Wildman–Crippen LogP) is 0.142. The molecule has 31 heavy (non-hydrogen) atoms. The van der Waals surface area contributed by atoms with Gasteiger partial charge in [-0.3, -0.25) is 13.6 Å². The second-order valence-corrected chi connectivity index (χ2v) is 8.85. The molecule has 0 aromatic carbocycles. The summed E-state index contributed by atoms with van der Waals surface area (Å²) in [5, 5.41) is 22.8. The molecule has 0 spiro atoms. The summed E-state index contributed by atoms with van der Waals surface area (Å²) in [5.74, 6) is 0.425. The maximum Gasteiger partial charge on any atom is 0.473 e. The summed E-state index contributed by atoms with van der Waals surface area (Å²) in [6, 6.07) is -0.161. The smallest absolute Gasteiger partial charge is 0.391 e. The third-order valence-electron chi connectivity index (χ3n) is 5.57. The minimum atomic E-state index is -4.35. The molecule has 2 aromatic heterocycles. The Hall–Kier alpha value is -2.42. The molecule has 0 radical (unpaired) electrons. The second kappa shape index (κ2) is 7.62. The standard InChI is InChI=1S/C15H19N6O9P/c22-8-3-1-2-7(8)19-13-10-14(17-5-16-13)20(6-18-10)15-12-11(29-31(25,26)30-12)9(28-15)4-27-21(23)24/h5-9,11-12,15,22H,1-4H2,(H,25,26)(H,16,17,19)/t7-,8+,9-,11-,12-,15-/m1/s1. The molecule has 5 rings (SSSR count). The van der Waals surface area contributed by atoms with Crippen molar-refractivity contribution in [2.24, 2.45) is 0 Å². The Morgan fingerprint density at radius 3 is 2.87 bits per heavy atom. The molecule has 7 atom stereocenters. The van der Waals surface area contributed by atoms with Crippen LogP contribution >= 0.6 is 7.82 Å². The van der Waals surface area contributed by atoms with E-state index in [1.807, 2.05) is 0 Å². The number of aliphatic hydroxyl groups excluding tert-OH is 1. The summed E-state index contributed by atoms with van der Waals surface area (Å²) in [7, 11) is -4.35. The summed E-state index contributed by atoms with van der Waals surface area (Å²) in [6.45, 7) is -0.512. The fourth-order valence-corrected chi connectivity index (χ4v) is 5.35. The minimum absolute atomic E-state index is 0.161. The minimum Gasteiger partial charge on any atom is -0.391 e. The van der Waals surface area contributed by atoms with Crippen LogP contribution in [-0.4, -0.2) is 71.7 Å². The number of fused-ring (bicyclic) bond motifs is 2. The van der Waals surface area contributed by atoms with Gasteiger partial charge in [-0.15, -0.1) is 10.1 Å². The Balaban J connectivity index is 1.45. The molecule has 3 fully saturated rings. The lowest BCUT2D eigenvalue weighted by atomic mass is 10.1. The van der Waals surface area contributed by atoms with Gasteiger partial charge in [-0.25, -0.2) is 19.5 Å². The molecule has 15 nitrogen and oxygen atoms in total. The van der Waals surface area contributed by atoms with Gasteiger partial charge in [0.15, 0.2) is 23.2 Å². The zero-order chi connectivity index (χ0) is 21.8. The first kappa shape index (κ1) is 20.5. The van der Waals surface area contributed by atoms with Crippen LogP contribution in [0.5, 0.6) is 0 Å². The Kier molecular flexibility index (Phi) is 5.03. The van der Waals surface area contributed by atoms with Gasteiger partial charge < -0.3 is 24.9 Å². The van der Waals surface area contributed by atoms with E-state index in [4.69, 9.17) is 13.8 Å². The van der Waals surface area contributed by atoms with Crippen LogP contribution in [0.15, 0.2) is 12.7 Å². The molecule has 2 saturated heterocycles. The predicted molar refractivity (Wildman–Crippen MR) is 99.0 cm³/mol. The summed E-state index contributed by atoms with van der Waals surface area (Å²) in [6.07, 6.45) is 0.465. The summed E-state index contributed by atoms with van der Waals surface area (Å²) in [4.78, 5) is 37.4. The number of hydrogen-bond donors (Lipinski definition) is 3. The Labute approximate surface area is 174 Å². The molecule has 4 heterocycles. The topological polar surface area (TPSA) is 193 Å². The van der Waals surface area contributed by atoms with Crippen molar-refractivity contribution in [1.82, 2.24) is 19.5 Å². The molecule has 1 aliphatic carbocycles. The number of aromatic nitrogens is 4. The Morgan fingerprint density at radius 2 is 2.13 bits per heavy atom. The highest BCUT2D eigenvalue weighted by atomic mass is 31.2. The lowest BCUT2D eigenvalue weighted by Crippen LogP contribution is -2.32. The van der Waals surface area contributed by atoms with Gasteiger partial charge in [0.1, 0.15) is 31.2 Å². The molecule has 0 bridgehead atoms. The van der Waals surface area contributed by atoms with Crippen LogP contribution in [-0.2, 0) is 23.2 Å². The fourth-order valence-electron chi connectivity index (χ4n) is 4.20. The van der Waals surface area contributed by atoms with Crippen molar-refractivity contribution in [3.63, 3.8) is 0 Å². The van der Waals surface area contributed by atoms with Gasteiger partial charge in [-0.2, -0.15) is 0 Å². The number of imidazole rings is 1. The van der Waals surface area contributed by atoms with Crippen LogP contribution in [0, 0.1) is 10.1 Å². The molecule has 16 heteroatoms. The van der Waals surface area contributed by atoms with Gasteiger partial charge in [-0.1, -0.05) is 0 Å². The van der Waals surface area contributed by atoms with Crippen LogP contribution < -0.4 is 5.32 Å². The third-order valence-corrected chi connectivity index (χ3v) is 6.59. The molecular weight excluding hydrogens is 439 g/mol. The quantitative estimate of drug-likeness (QED) is 0.301. The van der Waals surface area contributed by atoms with Crippen LogP contribution in [0.2, 0.25) is 0 Å². The van der Waals surface area contributed by atoms with E-state index in [0.29, 0.717) is 23.4 Å². The van der Waals surface area contributed by atoms with E-state index in [1.54, 1.807) is 0 Å². The molecule has 2 aromatic rings. The van der Waals surface area contributed by atoms with E-state index in [9.17, 15) is 24.7 Å². The van der Waals surface area contributed by atoms with Crippen molar-refractivity contribution >= 4 is 24.8 Å². The van der Waals surface area contributed by atoms with E-state index >= 15 is 0 Å². The highest BCUT2D eigenvalue weighted by Crippen LogP contribution is 2.58. The van der Waals surface area contributed by atoms with Gasteiger partial charge in [0, 0.05) is 0 Å². The van der Waals surface area contributed by atoms with E-state index in [0.717, 1.165) is 12.8 Å². The number of phosphoric ester groups is 1. The first-order valence-corrected chi connectivity index (χ1v) is 11.1. The number of phosphoric acid groups is 1. The number of ether oxygens (including phenoxy) is 1. The zero-order valence-electron chi connectivity index (χ0n) is 15.9. The molecule has 1 saturated carbocycles. The number of rotatable bonds is 6. The molecule has 0 amide bonds. The second-order valence-electron chi connectivity index (χ2n) is 7.49. The number of hydrogen-bond acceptors (Lipinski definition) is 12. The number of nitrogens with zero attached hydrogens (tertiary/aromatic N) is 5. The highest BCUT2D eigenvalue weighted by molar-refractivity contribution is 7.47. The number of aliphatic hydroxyl groups is 1. The SMILES string of the molecule is O=[N+]([O-])OC[C@H]1O[C@@H](n2cnc3c(N[C@@H]4CCC[C@@H]4O)ncnc32)[C@@H]2OP(=O)(O)O[C@@H]21. The van der Waals surface area contributed by atoms with Crippen molar-refractivity contribution in [2.45, 2.75) is 55.9 Å². The number of anilines is 1. The Morgan fingerprint density at radius 1 is 1.32 bits per heavy atom. The molecule has 168 valence electrons. The van der Waals surface area contributed by atoms with Crippen molar-refractivity contribution in [1.29, 1.82) is 0 Å². The number of nitrogens with one attached hydrogen (secondary N) is 1. The molecule has 2 aliphatic heterocycles. The Bertz CT molecular complexity index is 1050. The van der Waals surface area contributed by atoms with Gasteiger partial charge >= 0.3 is 7.82 Å². The van der Waals surface area contributed by atoms with Crippen LogP contribution in [0.3, 0.4) is 0 Å². The first-order chi connectivity index (χ1) is 14.8. The zero-order valence-corrected chi connectivity index (χ0v) is 16.8. The van der Waals surface area contributed by atoms with Crippen LogP contribution in [0.1, 0.15) is 25.5 Å². The summed E-state index contributed by atoms with van der Waals surface area (Å²) >= 11 is 0. The summed E-state index contributed by atoms with van der Waals surface area (Å²) in [5.41, 5.74) is 0.741. The monoisotopic (exact) mass is 458 g/mol. The van der Waals surface area contributed by atoms with E-state index < -0.39 is 50.2 Å². The average Bonchev–Trinajstić information content (AvgIpc) is 3.44. The van der Waals surface area contributed by atoms with Crippen LogP contribution in [0.25, 0.3) is 11.2 Å². The fraction of sp³-hybridized carbons (Fsp3) is 0.667. The lowest BCUT2D eigenvalue weighted by molar-refractivity contribution is -0.759. The van der Waals surface area contributed by atoms with Crippen molar-refractivity contribution in [3.8, 4) is 0 Å². The molecule has 3 aliphatic rings. The van der Waals surface area contributed by atoms with Gasteiger partial charge in [0.2, 0.25) is 0 Å². The van der Waals surface area contributed by atoms with E-state index in [-0.39, 0.29) is 6.04 Å². The largest absolute Gasteiger partial charge is 0.473 e. The molecule has 1 unspecified atom stereocenters. The highest BCUT2D eigenvalue weighted by Gasteiger charge is 2.58. The van der Waals surface area contributed by atoms with E-state index in [1.165, 1.54) is 17.2 Å². The van der Waals surface area contributed by atoms with E-state index in [2.05, 4.69) is 25.1 Å². The van der Waals surface area contributed by atoms with Crippen molar-refractivity contribution in [2.75, 3.05) is 11.9 Å². The average molecular weight is 458 g/mol. The lowest BCUT2D eigenvalue weighted by Gasteiger charge is -2.19. The molecule has 3 N–H and O–H groups in total. The van der Waals surface area contributed by atoms with Gasteiger partial charge in [0.25, 0.3) is 5.09 Å².